The van der Waals surface area contributed by atoms with Crippen molar-refractivity contribution < 1.29 is 13.2 Å². The van der Waals surface area contributed by atoms with Crippen molar-refractivity contribution in [3.05, 3.63) is 18.2 Å². The first-order valence-corrected chi connectivity index (χ1v) is 7.22. The van der Waals surface area contributed by atoms with E-state index in [1.54, 1.807) is 0 Å². The van der Waals surface area contributed by atoms with Crippen LogP contribution < -0.4 is 15.2 Å². The monoisotopic (exact) mass is 272 g/mol. The molecule has 0 saturated heterocycles. The van der Waals surface area contributed by atoms with Gasteiger partial charge >= 0.3 is 0 Å². The molecule has 0 aromatic heterocycles. The van der Waals surface area contributed by atoms with Gasteiger partial charge in [-0.25, -0.2) is 13.1 Å². The Morgan fingerprint density at radius 1 is 1.39 bits per heavy atom. The standard InChI is InChI=1S/C12H20N2O3S/c1-5-12(2,3)17-11-8-9(6-7-10(11)13)18(15,16)14-4/h6-8,14H,5,13H2,1-4H3. The number of hydrogen-bond acceptors (Lipinski definition) is 4. The van der Waals surface area contributed by atoms with Crippen LogP contribution in [0, 0.1) is 0 Å². The predicted molar refractivity (Wildman–Crippen MR) is 72.1 cm³/mol. The number of anilines is 1. The quantitative estimate of drug-likeness (QED) is 0.800. The molecule has 1 aromatic carbocycles. The van der Waals surface area contributed by atoms with Gasteiger partial charge in [0.15, 0.2) is 0 Å². The minimum atomic E-state index is -3.49. The van der Waals surface area contributed by atoms with Crippen LogP contribution in [-0.4, -0.2) is 21.1 Å². The van der Waals surface area contributed by atoms with E-state index in [2.05, 4.69) is 4.72 Å². The Labute approximate surface area is 108 Å². The molecule has 0 aliphatic heterocycles. The molecule has 0 aliphatic carbocycles. The maximum atomic E-state index is 11.7. The highest BCUT2D eigenvalue weighted by Crippen LogP contribution is 2.29. The van der Waals surface area contributed by atoms with E-state index in [1.165, 1.54) is 25.2 Å². The molecular weight excluding hydrogens is 252 g/mol. The Kier molecular flexibility index (Phi) is 4.24. The van der Waals surface area contributed by atoms with Crippen molar-refractivity contribution >= 4 is 15.7 Å². The van der Waals surface area contributed by atoms with Gasteiger partial charge < -0.3 is 10.5 Å². The Hall–Kier alpha value is -1.27. The third kappa shape index (κ3) is 3.36. The van der Waals surface area contributed by atoms with E-state index in [-0.39, 0.29) is 4.90 Å². The molecule has 0 radical (unpaired) electrons. The SMILES string of the molecule is CCC(C)(C)Oc1cc(S(=O)(=O)NC)ccc1N. The average molecular weight is 272 g/mol. The molecule has 1 rings (SSSR count). The molecule has 1 aromatic rings. The second kappa shape index (κ2) is 5.16. The van der Waals surface area contributed by atoms with Gasteiger partial charge in [-0.1, -0.05) is 6.92 Å². The van der Waals surface area contributed by atoms with Crippen molar-refractivity contribution in [3.8, 4) is 5.75 Å². The molecule has 0 heterocycles. The van der Waals surface area contributed by atoms with E-state index in [0.29, 0.717) is 11.4 Å². The van der Waals surface area contributed by atoms with Gasteiger partial charge in [0, 0.05) is 6.07 Å². The molecule has 0 amide bonds. The third-order valence-corrected chi connectivity index (χ3v) is 4.21. The highest BCUT2D eigenvalue weighted by Gasteiger charge is 2.20. The fourth-order valence-corrected chi connectivity index (χ4v) is 2.00. The lowest BCUT2D eigenvalue weighted by Crippen LogP contribution is -2.27. The molecule has 5 nitrogen and oxygen atoms in total. The zero-order valence-corrected chi connectivity index (χ0v) is 12.0. The number of rotatable bonds is 5. The highest BCUT2D eigenvalue weighted by atomic mass is 32.2. The molecule has 3 N–H and O–H groups in total. The molecule has 18 heavy (non-hydrogen) atoms. The van der Waals surface area contributed by atoms with Gasteiger partial charge in [0.1, 0.15) is 11.4 Å². The zero-order valence-electron chi connectivity index (χ0n) is 11.1. The molecule has 0 spiro atoms. The summed E-state index contributed by atoms with van der Waals surface area (Å²) in [6.07, 6.45) is 0.787. The first-order valence-electron chi connectivity index (χ1n) is 5.74. The van der Waals surface area contributed by atoms with E-state index in [9.17, 15) is 8.42 Å². The summed E-state index contributed by atoms with van der Waals surface area (Å²) in [5, 5.41) is 0. The number of benzene rings is 1. The van der Waals surface area contributed by atoms with Crippen LogP contribution in [0.4, 0.5) is 5.69 Å². The molecule has 0 bridgehead atoms. The van der Waals surface area contributed by atoms with E-state index < -0.39 is 15.6 Å². The summed E-state index contributed by atoms with van der Waals surface area (Å²) < 4.78 is 31.4. The Balaban J connectivity index is 3.18. The van der Waals surface area contributed by atoms with Crippen molar-refractivity contribution in [1.82, 2.24) is 4.72 Å². The fraction of sp³-hybridized carbons (Fsp3) is 0.500. The summed E-state index contributed by atoms with van der Waals surface area (Å²) in [6, 6.07) is 4.43. The van der Waals surface area contributed by atoms with Gasteiger partial charge in [0.05, 0.1) is 10.6 Å². The van der Waals surface area contributed by atoms with Gasteiger partial charge in [-0.3, -0.25) is 0 Å². The van der Waals surface area contributed by atoms with Crippen molar-refractivity contribution in [2.45, 2.75) is 37.7 Å². The Morgan fingerprint density at radius 3 is 2.50 bits per heavy atom. The first kappa shape index (κ1) is 14.8. The molecular formula is C12H20N2O3S. The first-order chi connectivity index (χ1) is 8.22. The lowest BCUT2D eigenvalue weighted by molar-refractivity contribution is 0.106. The van der Waals surface area contributed by atoms with E-state index in [0.717, 1.165) is 6.42 Å². The van der Waals surface area contributed by atoms with Crippen LogP contribution in [0.25, 0.3) is 0 Å². The molecule has 0 saturated carbocycles. The largest absolute Gasteiger partial charge is 0.486 e. The summed E-state index contributed by atoms with van der Waals surface area (Å²) >= 11 is 0. The number of hydrogen-bond donors (Lipinski definition) is 2. The van der Waals surface area contributed by atoms with Crippen LogP contribution in [0.2, 0.25) is 0 Å². The maximum absolute atomic E-state index is 11.7. The highest BCUT2D eigenvalue weighted by molar-refractivity contribution is 7.89. The van der Waals surface area contributed by atoms with E-state index in [1.807, 2.05) is 20.8 Å². The second-order valence-electron chi connectivity index (χ2n) is 4.62. The van der Waals surface area contributed by atoms with Crippen molar-refractivity contribution in [2.75, 3.05) is 12.8 Å². The Morgan fingerprint density at radius 2 is 2.00 bits per heavy atom. The van der Waals surface area contributed by atoms with Crippen molar-refractivity contribution in [1.29, 1.82) is 0 Å². The molecule has 0 fully saturated rings. The molecule has 102 valence electrons. The van der Waals surface area contributed by atoms with Crippen LogP contribution in [0.5, 0.6) is 5.75 Å². The molecule has 6 heteroatoms. The number of nitrogens with two attached hydrogens (primary N) is 1. The average Bonchev–Trinajstić information content (AvgIpc) is 2.31. The number of sulfonamides is 1. The van der Waals surface area contributed by atoms with Crippen molar-refractivity contribution in [2.24, 2.45) is 0 Å². The van der Waals surface area contributed by atoms with Gasteiger partial charge in [-0.15, -0.1) is 0 Å². The summed E-state index contributed by atoms with van der Waals surface area (Å²) in [6.45, 7) is 5.84. The summed E-state index contributed by atoms with van der Waals surface area (Å²) in [7, 11) is -2.12. The van der Waals surface area contributed by atoms with Crippen LogP contribution in [0.15, 0.2) is 23.1 Å². The van der Waals surface area contributed by atoms with E-state index in [4.69, 9.17) is 10.5 Å². The molecule has 0 unspecified atom stereocenters. The minimum absolute atomic E-state index is 0.140. The second-order valence-corrected chi connectivity index (χ2v) is 6.51. The number of nitrogens with one attached hydrogen (secondary N) is 1. The van der Waals surface area contributed by atoms with Crippen LogP contribution >= 0.6 is 0 Å². The third-order valence-electron chi connectivity index (χ3n) is 2.80. The smallest absolute Gasteiger partial charge is 0.240 e. The van der Waals surface area contributed by atoms with Gasteiger partial charge in [0.25, 0.3) is 0 Å². The number of nitrogen functional groups attached to an aromatic ring is 1. The van der Waals surface area contributed by atoms with Gasteiger partial charge in [0.2, 0.25) is 10.0 Å². The van der Waals surface area contributed by atoms with Crippen molar-refractivity contribution in [3.63, 3.8) is 0 Å². The predicted octanol–water partition coefficient (Wildman–Crippen LogP) is 1.74. The normalized spacial score (nSPS) is 12.4. The lowest BCUT2D eigenvalue weighted by Gasteiger charge is -2.26. The molecule has 0 atom stereocenters. The van der Waals surface area contributed by atoms with Crippen LogP contribution in [0.1, 0.15) is 27.2 Å². The summed E-state index contributed by atoms with van der Waals surface area (Å²) in [5.41, 5.74) is 5.83. The van der Waals surface area contributed by atoms with Crippen LogP contribution in [0.3, 0.4) is 0 Å². The lowest BCUT2D eigenvalue weighted by atomic mass is 10.1. The maximum Gasteiger partial charge on any atom is 0.240 e. The molecule has 0 aliphatic rings. The minimum Gasteiger partial charge on any atom is -0.486 e. The topological polar surface area (TPSA) is 81.4 Å². The number of ether oxygens (including phenoxy) is 1. The Bertz CT molecular complexity index is 524. The van der Waals surface area contributed by atoms with Gasteiger partial charge in [-0.2, -0.15) is 0 Å². The van der Waals surface area contributed by atoms with Gasteiger partial charge in [-0.05, 0) is 39.4 Å². The fourth-order valence-electron chi connectivity index (χ4n) is 1.26. The van der Waals surface area contributed by atoms with Crippen LogP contribution in [-0.2, 0) is 10.0 Å². The summed E-state index contributed by atoms with van der Waals surface area (Å²) in [5.74, 6) is 0.387. The summed E-state index contributed by atoms with van der Waals surface area (Å²) in [4.78, 5) is 0.140. The van der Waals surface area contributed by atoms with E-state index >= 15 is 0 Å². The zero-order chi connectivity index (χ0) is 14.0.